The minimum Gasteiger partial charge on any atom is -0.506 e. The topological polar surface area (TPSA) is 114 Å². The van der Waals surface area contributed by atoms with Crippen molar-refractivity contribution in [3.8, 4) is 5.75 Å². The largest absolute Gasteiger partial charge is 0.506 e. The van der Waals surface area contributed by atoms with E-state index in [1.807, 2.05) is 0 Å². The maximum Gasteiger partial charge on any atom is 0.433 e. The second-order valence-corrected chi connectivity index (χ2v) is 8.87. The molecule has 0 saturated carbocycles. The first-order valence-electron chi connectivity index (χ1n) is 8.35. The van der Waals surface area contributed by atoms with Crippen molar-refractivity contribution >= 4 is 38.7 Å². The second kappa shape index (κ2) is 7.43. The molecule has 13 heteroatoms. The van der Waals surface area contributed by atoms with E-state index < -0.39 is 44.1 Å². The lowest BCUT2D eigenvalue weighted by molar-refractivity contribution is -0.142. The van der Waals surface area contributed by atoms with Gasteiger partial charge in [0.1, 0.15) is 16.5 Å². The number of halogens is 4. The van der Waals surface area contributed by atoms with Crippen molar-refractivity contribution in [2.45, 2.75) is 24.9 Å². The van der Waals surface area contributed by atoms with Crippen molar-refractivity contribution in [2.24, 2.45) is 0 Å². The Morgan fingerprint density at radius 1 is 1.30 bits per heavy atom. The molecule has 0 aliphatic heterocycles. The molecule has 0 radical (unpaired) electrons. The van der Waals surface area contributed by atoms with Crippen LogP contribution >= 0.6 is 11.6 Å². The SMILES string of the molecule is CCS(=O)(=O)c1ccc(O)c(NC(=O)c2nn3c(C(F)(F)F)cc(C)nc3c2Cl)c1. The summed E-state index contributed by atoms with van der Waals surface area (Å²) < 4.78 is 64.3. The molecule has 0 bridgehead atoms. The van der Waals surface area contributed by atoms with E-state index in [2.05, 4.69) is 15.4 Å². The average Bonchev–Trinajstić information content (AvgIpc) is 2.98. The minimum absolute atomic E-state index is 0.0127. The second-order valence-electron chi connectivity index (χ2n) is 6.22. The van der Waals surface area contributed by atoms with Crippen molar-refractivity contribution in [1.29, 1.82) is 0 Å². The third-order valence-electron chi connectivity index (χ3n) is 4.12. The fourth-order valence-corrected chi connectivity index (χ4v) is 3.77. The maximum absolute atomic E-state index is 13.3. The van der Waals surface area contributed by atoms with E-state index in [1.165, 1.54) is 13.8 Å². The van der Waals surface area contributed by atoms with E-state index >= 15 is 0 Å². The van der Waals surface area contributed by atoms with Gasteiger partial charge < -0.3 is 10.4 Å². The first-order valence-corrected chi connectivity index (χ1v) is 10.4. The van der Waals surface area contributed by atoms with Gasteiger partial charge in [-0.3, -0.25) is 4.79 Å². The number of nitrogens with one attached hydrogen (secondary N) is 1. The van der Waals surface area contributed by atoms with Gasteiger partial charge in [0, 0.05) is 5.69 Å². The highest BCUT2D eigenvalue weighted by molar-refractivity contribution is 7.91. The quantitative estimate of drug-likeness (QED) is 0.574. The van der Waals surface area contributed by atoms with E-state index in [1.54, 1.807) is 0 Å². The van der Waals surface area contributed by atoms with E-state index in [0.717, 1.165) is 24.3 Å². The number of carbonyl (C=O) groups is 1. The van der Waals surface area contributed by atoms with Gasteiger partial charge >= 0.3 is 6.18 Å². The summed E-state index contributed by atoms with van der Waals surface area (Å²) in [6, 6.07) is 4.00. The molecule has 1 aromatic carbocycles. The molecule has 8 nitrogen and oxygen atoms in total. The molecule has 0 saturated heterocycles. The summed E-state index contributed by atoms with van der Waals surface area (Å²) in [5.41, 5.74) is -2.39. The molecular formula is C17H14ClF3N4O4S. The number of aromatic hydroxyl groups is 1. The monoisotopic (exact) mass is 462 g/mol. The van der Waals surface area contributed by atoms with Crippen molar-refractivity contribution in [3.63, 3.8) is 0 Å². The maximum atomic E-state index is 13.3. The Morgan fingerprint density at radius 3 is 2.57 bits per heavy atom. The van der Waals surface area contributed by atoms with Gasteiger partial charge in [-0.15, -0.1) is 0 Å². The number of fused-ring (bicyclic) bond motifs is 1. The van der Waals surface area contributed by atoms with E-state index in [4.69, 9.17) is 11.6 Å². The van der Waals surface area contributed by atoms with Gasteiger partial charge in [-0.1, -0.05) is 18.5 Å². The number of aromatic nitrogens is 3. The predicted octanol–water partition coefficient (Wildman–Crippen LogP) is 3.46. The summed E-state index contributed by atoms with van der Waals surface area (Å²) in [5, 5.41) is 15.3. The summed E-state index contributed by atoms with van der Waals surface area (Å²) >= 11 is 6.05. The number of hydrogen-bond acceptors (Lipinski definition) is 6. The molecule has 2 N–H and O–H groups in total. The van der Waals surface area contributed by atoms with Gasteiger partial charge in [-0.25, -0.2) is 17.9 Å². The van der Waals surface area contributed by atoms with Crippen molar-refractivity contribution < 1.29 is 31.5 Å². The Kier molecular flexibility index (Phi) is 5.41. The third kappa shape index (κ3) is 3.92. The van der Waals surface area contributed by atoms with Crippen LogP contribution in [0.4, 0.5) is 18.9 Å². The van der Waals surface area contributed by atoms with Gasteiger partial charge in [0.25, 0.3) is 5.91 Å². The number of sulfone groups is 1. The summed E-state index contributed by atoms with van der Waals surface area (Å²) in [6.45, 7) is 2.75. The molecule has 3 aromatic rings. The lowest BCUT2D eigenvalue weighted by atomic mass is 10.2. The summed E-state index contributed by atoms with van der Waals surface area (Å²) in [6.07, 6.45) is -4.78. The Hall–Kier alpha value is -2.86. The molecule has 30 heavy (non-hydrogen) atoms. The van der Waals surface area contributed by atoms with Crippen LogP contribution in [0.1, 0.15) is 28.8 Å². The molecule has 0 unspecified atom stereocenters. The van der Waals surface area contributed by atoms with Crippen LogP contribution in [0.25, 0.3) is 5.65 Å². The van der Waals surface area contributed by atoms with Crippen molar-refractivity contribution in [1.82, 2.24) is 14.6 Å². The van der Waals surface area contributed by atoms with Crippen LogP contribution in [0.15, 0.2) is 29.2 Å². The number of hydrogen-bond donors (Lipinski definition) is 2. The molecule has 2 aromatic heterocycles. The van der Waals surface area contributed by atoms with E-state index in [-0.39, 0.29) is 27.7 Å². The van der Waals surface area contributed by atoms with Crippen LogP contribution in [0.3, 0.4) is 0 Å². The number of amides is 1. The van der Waals surface area contributed by atoms with Crippen LogP contribution in [0.5, 0.6) is 5.75 Å². The fraction of sp³-hybridized carbons (Fsp3) is 0.235. The van der Waals surface area contributed by atoms with Gasteiger partial charge in [-0.05, 0) is 31.2 Å². The molecule has 0 fully saturated rings. The number of nitrogens with zero attached hydrogens (tertiary/aromatic N) is 3. The molecule has 0 spiro atoms. The number of aryl methyl sites for hydroxylation is 1. The molecule has 0 atom stereocenters. The zero-order chi connectivity index (χ0) is 22.4. The molecule has 0 aliphatic carbocycles. The highest BCUT2D eigenvalue weighted by Crippen LogP contribution is 2.33. The van der Waals surface area contributed by atoms with Crippen LogP contribution < -0.4 is 5.32 Å². The molecule has 2 heterocycles. The molecule has 3 rings (SSSR count). The molecular weight excluding hydrogens is 449 g/mol. The van der Waals surface area contributed by atoms with Gasteiger partial charge in [0.2, 0.25) is 0 Å². The van der Waals surface area contributed by atoms with Crippen LogP contribution in [0.2, 0.25) is 5.02 Å². The zero-order valence-corrected chi connectivity index (χ0v) is 17.0. The Labute approximate surface area is 173 Å². The minimum atomic E-state index is -4.78. The van der Waals surface area contributed by atoms with Crippen molar-refractivity contribution in [3.05, 3.63) is 46.4 Å². The first-order chi connectivity index (χ1) is 13.8. The van der Waals surface area contributed by atoms with E-state index in [9.17, 15) is 31.5 Å². The molecule has 1 amide bonds. The van der Waals surface area contributed by atoms with Gasteiger partial charge in [-0.2, -0.15) is 18.3 Å². The Bertz CT molecular complexity index is 1270. The van der Waals surface area contributed by atoms with Crippen LogP contribution in [0, 0.1) is 6.92 Å². The number of alkyl halides is 3. The fourth-order valence-electron chi connectivity index (χ4n) is 2.62. The zero-order valence-electron chi connectivity index (χ0n) is 15.5. The first kappa shape index (κ1) is 21.8. The van der Waals surface area contributed by atoms with Crippen LogP contribution in [-0.4, -0.2) is 39.8 Å². The van der Waals surface area contributed by atoms with Gasteiger partial charge in [0.05, 0.1) is 16.3 Å². The number of phenols is 1. The van der Waals surface area contributed by atoms with Gasteiger partial charge in [0.15, 0.2) is 21.2 Å². The standard InChI is InChI=1S/C17H14ClF3N4O4S/c1-3-30(28,29)9-4-5-11(26)10(7-9)23-16(27)14-13(18)15-22-8(2)6-12(17(19,20)21)25(15)24-14/h4-7,26H,3H2,1-2H3,(H,23,27). The Morgan fingerprint density at radius 2 is 1.97 bits per heavy atom. The summed E-state index contributed by atoms with van der Waals surface area (Å²) in [5.74, 6) is -1.73. The highest BCUT2D eigenvalue weighted by atomic mass is 35.5. The predicted molar refractivity (Wildman–Crippen MR) is 102 cm³/mol. The number of phenolic OH excluding ortho intramolecular Hbond substituents is 1. The Balaban J connectivity index is 2.07. The molecule has 0 aliphatic rings. The summed E-state index contributed by atoms with van der Waals surface area (Å²) in [7, 11) is -3.64. The highest BCUT2D eigenvalue weighted by Gasteiger charge is 2.36. The van der Waals surface area contributed by atoms with Crippen molar-refractivity contribution in [2.75, 3.05) is 11.1 Å². The lowest BCUT2D eigenvalue weighted by Crippen LogP contribution is -2.16. The summed E-state index contributed by atoms with van der Waals surface area (Å²) in [4.78, 5) is 16.3. The molecule has 160 valence electrons. The number of carbonyl (C=O) groups excluding carboxylic acids is 1. The van der Waals surface area contributed by atoms with E-state index in [0.29, 0.717) is 4.52 Å². The number of anilines is 1. The van der Waals surface area contributed by atoms with Crippen LogP contribution in [-0.2, 0) is 16.0 Å². The average molecular weight is 463 g/mol. The third-order valence-corrected chi connectivity index (χ3v) is 6.20. The number of rotatable bonds is 4. The smallest absolute Gasteiger partial charge is 0.433 e. The number of benzene rings is 1. The normalized spacial score (nSPS) is 12.3. The lowest BCUT2D eigenvalue weighted by Gasteiger charge is -2.09.